The molecule has 0 saturated heterocycles. The molecule has 2 nitrogen and oxygen atoms in total. The van der Waals surface area contributed by atoms with Crippen molar-refractivity contribution in [2.75, 3.05) is 0 Å². The van der Waals surface area contributed by atoms with E-state index < -0.39 is 0 Å². The Labute approximate surface area is 48.9 Å². The van der Waals surface area contributed by atoms with Crippen LogP contribution in [0.1, 0.15) is 12.8 Å². The van der Waals surface area contributed by atoms with Crippen LogP contribution in [0.4, 0.5) is 0 Å². The molecule has 0 aromatic heterocycles. The molecular formula is C6H10N2. The fraction of sp³-hybridized carbons (Fsp3) is 0.333. The molecule has 1 rings (SSSR count). The third-order valence-electron chi connectivity index (χ3n) is 1.20. The lowest BCUT2D eigenvalue weighted by atomic mass is 10.1. The Balaban J connectivity index is 2.54. The Morgan fingerprint density at radius 1 is 1.00 bits per heavy atom. The first-order valence-electron chi connectivity index (χ1n) is 2.68. The zero-order chi connectivity index (χ0) is 5.98. The fourth-order valence-corrected chi connectivity index (χ4v) is 0.665. The van der Waals surface area contributed by atoms with E-state index in [1.807, 2.05) is 12.2 Å². The van der Waals surface area contributed by atoms with Crippen LogP contribution in [0.2, 0.25) is 0 Å². The first kappa shape index (κ1) is 5.22. The third kappa shape index (κ3) is 1.03. The summed E-state index contributed by atoms with van der Waals surface area (Å²) in [5, 5.41) is 0. The minimum absolute atomic E-state index is 0.825. The summed E-state index contributed by atoms with van der Waals surface area (Å²) in [6.07, 6.45) is 5.56. The Morgan fingerprint density at radius 3 is 1.62 bits per heavy atom. The van der Waals surface area contributed by atoms with Crippen molar-refractivity contribution in [3.63, 3.8) is 0 Å². The van der Waals surface area contributed by atoms with Gasteiger partial charge in [0, 0.05) is 24.2 Å². The SMILES string of the molecule is NC1=CCC(N)=CC1. The lowest BCUT2D eigenvalue weighted by Crippen LogP contribution is -2.05. The minimum Gasteiger partial charge on any atom is -0.402 e. The standard InChI is InChI=1S/C6H10N2/c7-5-1-2-6(8)4-3-5/h1,4H,2-3,7-8H2. The van der Waals surface area contributed by atoms with Gasteiger partial charge >= 0.3 is 0 Å². The Bertz CT molecular complexity index is 127. The number of allylic oxidation sites excluding steroid dienone is 2. The smallest absolute Gasteiger partial charge is 0.00829 e. The third-order valence-corrected chi connectivity index (χ3v) is 1.20. The molecule has 1 aliphatic rings. The molecule has 0 saturated carbocycles. The van der Waals surface area contributed by atoms with Gasteiger partial charge in [-0.2, -0.15) is 0 Å². The highest BCUT2D eigenvalue weighted by atomic mass is 14.6. The van der Waals surface area contributed by atoms with Crippen molar-refractivity contribution in [1.82, 2.24) is 0 Å². The van der Waals surface area contributed by atoms with Crippen molar-refractivity contribution in [3.8, 4) is 0 Å². The summed E-state index contributed by atoms with van der Waals surface area (Å²) in [4.78, 5) is 0. The molecule has 8 heavy (non-hydrogen) atoms. The summed E-state index contributed by atoms with van der Waals surface area (Å²) in [7, 11) is 0. The Hall–Kier alpha value is -0.920. The fourth-order valence-electron chi connectivity index (χ4n) is 0.665. The van der Waals surface area contributed by atoms with Crippen LogP contribution in [-0.2, 0) is 0 Å². The van der Waals surface area contributed by atoms with E-state index in [4.69, 9.17) is 11.5 Å². The van der Waals surface area contributed by atoms with Crippen LogP contribution >= 0.6 is 0 Å². The van der Waals surface area contributed by atoms with Crippen LogP contribution in [0.15, 0.2) is 23.5 Å². The molecule has 44 valence electrons. The molecular weight excluding hydrogens is 100 g/mol. The summed E-state index contributed by atoms with van der Waals surface area (Å²) < 4.78 is 0. The summed E-state index contributed by atoms with van der Waals surface area (Å²) in [6.45, 7) is 0. The topological polar surface area (TPSA) is 52.0 Å². The molecule has 0 aromatic rings. The Kier molecular flexibility index (Phi) is 1.24. The van der Waals surface area contributed by atoms with Crippen LogP contribution in [0.25, 0.3) is 0 Å². The van der Waals surface area contributed by atoms with Crippen LogP contribution < -0.4 is 11.5 Å². The molecule has 0 bridgehead atoms. The van der Waals surface area contributed by atoms with Gasteiger partial charge in [0.15, 0.2) is 0 Å². The second kappa shape index (κ2) is 1.90. The average Bonchev–Trinajstić information content (AvgIpc) is 1.77. The lowest BCUT2D eigenvalue weighted by molar-refractivity contribution is 1.01. The number of hydrogen-bond donors (Lipinski definition) is 2. The number of nitrogens with two attached hydrogens (primary N) is 2. The van der Waals surface area contributed by atoms with Gasteiger partial charge in [0.1, 0.15) is 0 Å². The largest absolute Gasteiger partial charge is 0.402 e. The molecule has 0 amide bonds. The monoisotopic (exact) mass is 110 g/mol. The molecule has 0 spiro atoms. The predicted molar refractivity (Wildman–Crippen MR) is 33.8 cm³/mol. The molecule has 0 aromatic carbocycles. The van der Waals surface area contributed by atoms with Crippen molar-refractivity contribution in [3.05, 3.63) is 23.5 Å². The molecule has 0 radical (unpaired) electrons. The number of hydrogen-bond acceptors (Lipinski definition) is 2. The molecule has 0 heterocycles. The van der Waals surface area contributed by atoms with Gasteiger partial charge in [-0.1, -0.05) is 12.2 Å². The van der Waals surface area contributed by atoms with E-state index in [9.17, 15) is 0 Å². The predicted octanol–water partition coefficient (Wildman–Crippen LogP) is 0.465. The van der Waals surface area contributed by atoms with Gasteiger partial charge in [-0.05, 0) is 0 Å². The minimum atomic E-state index is 0.825. The molecule has 1 aliphatic carbocycles. The van der Waals surface area contributed by atoms with E-state index >= 15 is 0 Å². The van der Waals surface area contributed by atoms with Crippen LogP contribution in [0.3, 0.4) is 0 Å². The second-order valence-corrected chi connectivity index (χ2v) is 1.97. The maximum absolute atomic E-state index is 5.46. The molecule has 0 fully saturated rings. The van der Waals surface area contributed by atoms with Crippen molar-refractivity contribution in [1.29, 1.82) is 0 Å². The van der Waals surface area contributed by atoms with Crippen LogP contribution in [-0.4, -0.2) is 0 Å². The normalized spacial score (nSPS) is 19.5. The van der Waals surface area contributed by atoms with E-state index in [1.165, 1.54) is 0 Å². The molecule has 4 N–H and O–H groups in total. The van der Waals surface area contributed by atoms with Crippen LogP contribution in [0, 0.1) is 0 Å². The molecule has 0 atom stereocenters. The van der Waals surface area contributed by atoms with E-state index in [1.54, 1.807) is 0 Å². The van der Waals surface area contributed by atoms with Gasteiger partial charge < -0.3 is 11.5 Å². The highest BCUT2D eigenvalue weighted by Gasteiger charge is 1.95. The zero-order valence-electron chi connectivity index (χ0n) is 4.72. The van der Waals surface area contributed by atoms with Gasteiger partial charge in [0.05, 0.1) is 0 Å². The first-order chi connectivity index (χ1) is 3.79. The maximum atomic E-state index is 5.46. The second-order valence-electron chi connectivity index (χ2n) is 1.97. The van der Waals surface area contributed by atoms with E-state index in [0.717, 1.165) is 24.2 Å². The molecule has 0 aliphatic heterocycles. The molecule has 0 unspecified atom stereocenters. The first-order valence-corrected chi connectivity index (χ1v) is 2.68. The van der Waals surface area contributed by atoms with Crippen molar-refractivity contribution in [2.24, 2.45) is 11.5 Å². The van der Waals surface area contributed by atoms with E-state index in [0.29, 0.717) is 0 Å². The zero-order valence-corrected chi connectivity index (χ0v) is 4.72. The van der Waals surface area contributed by atoms with Crippen molar-refractivity contribution >= 4 is 0 Å². The average molecular weight is 110 g/mol. The van der Waals surface area contributed by atoms with Gasteiger partial charge in [-0.25, -0.2) is 0 Å². The van der Waals surface area contributed by atoms with Crippen LogP contribution in [0.5, 0.6) is 0 Å². The quantitative estimate of drug-likeness (QED) is 0.476. The number of rotatable bonds is 0. The highest BCUT2D eigenvalue weighted by Crippen LogP contribution is 2.08. The summed E-state index contributed by atoms with van der Waals surface area (Å²) in [5.41, 5.74) is 12.8. The van der Waals surface area contributed by atoms with Gasteiger partial charge in [-0.15, -0.1) is 0 Å². The van der Waals surface area contributed by atoms with E-state index in [2.05, 4.69) is 0 Å². The maximum Gasteiger partial charge on any atom is 0.00829 e. The summed E-state index contributed by atoms with van der Waals surface area (Å²) >= 11 is 0. The van der Waals surface area contributed by atoms with Crippen molar-refractivity contribution < 1.29 is 0 Å². The highest BCUT2D eigenvalue weighted by molar-refractivity contribution is 5.16. The molecule has 2 heteroatoms. The summed E-state index contributed by atoms with van der Waals surface area (Å²) in [5.74, 6) is 0. The summed E-state index contributed by atoms with van der Waals surface area (Å²) in [6, 6.07) is 0. The van der Waals surface area contributed by atoms with E-state index in [-0.39, 0.29) is 0 Å². The van der Waals surface area contributed by atoms with Gasteiger partial charge in [0.25, 0.3) is 0 Å². The lowest BCUT2D eigenvalue weighted by Gasteiger charge is -2.04. The van der Waals surface area contributed by atoms with Gasteiger partial charge in [-0.3, -0.25) is 0 Å². The Morgan fingerprint density at radius 2 is 1.38 bits per heavy atom. The van der Waals surface area contributed by atoms with Gasteiger partial charge in [0.2, 0.25) is 0 Å². The van der Waals surface area contributed by atoms with Crippen molar-refractivity contribution in [2.45, 2.75) is 12.8 Å².